The number of carbonyl (C=O) groups excluding carboxylic acids is 1. The highest BCUT2D eigenvalue weighted by atomic mass is 79.9. The van der Waals surface area contributed by atoms with Crippen molar-refractivity contribution in [2.24, 2.45) is 21.7 Å². The summed E-state index contributed by atoms with van der Waals surface area (Å²) in [5.41, 5.74) is 11.1. The molecule has 0 aliphatic heterocycles. The Hall–Kier alpha value is -2.29. The number of guanidine groups is 1. The molecule has 0 saturated heterocycles. The van der Waals surface area contributed by atoms with E-state index >= 15 is 0 Å². The van der Waals surface area contributed by atoms with Crippen molar-refractivity contribution in [3.05, 3.63) is 22.2 Å². The van der Waals surface area contributed by atoms with Crippen LogP contribution in [0.25, 0.3) is 0 Å². The first-order valence-electron chi connectivity index (χ1n) is 6.25. The average molecular weight is 373 g/mol. The molecule has 22 heavy (non-hydrogen) atoms. The summed E-state index contributed by atoms with van der Waals surface area (Å²) in [5.74, 6) is 0.212. The predicted molar refractivity (Wildman–Crippen MR) is 86.2 cm³/mol. The maximum atomic E-state index is 11.2. The van der Waals surface area contributed by atoms with Gasteiger partial charge in [0.2, 0.25) is 5.96 Å². The summed E-state index contributed by atoms with van der Waals surface area (Å²) in [6.07, 6.45) is 1.46. The van der Waals surface area contributed by atoms with Crippen LogP contribution < -0.4 is 20.9 Å². The minimum atomic E-state index is -0.493. The van der Waals surface area contributed by atoms with Crippen LogP contribution in [0.3, 0.4) is 0 Å². The number of esters is 1. The number of nitrogens with two attached hydrogens (primary N) is 2. The Kier molecular flexibility index (Phi) is 7.17. The van der Waals surface area contributed by atoms with Crippen molar-refractivity contribution in [1.29, 1.82) is 0 Å². The van der Waals surface area contributed by atoms with E-state index in [-0.39, 0.29) is 12.6 Å². The van der Waals surface area contributed by atoms with Crippen molar-refractivity contribution in [1.82, 2.24) is 0 Å². The van der Waals surface area contributed by atoms with Crippen LogP contribution in [-0.4, -0.2) is 38.5 Å². The molecule has 9 heteroatoms. The highest BCUT2D eigenvalue weighted by Gasteiger charge is 2.13. The minimum absolute atomic E-state index is 0.140. The van der Waals surface area contributed by atoms with Crippen LogP contribution in [0.1, 0.15) is 12.5 Å². The SMILES string of the molecule is CCOc1cc(C=NN=C(N)N)cc(Br)c1OCC(=O)OC. The number of benzene rings is 1. The monoisotopic (exact) mass is 372 g/mol. The number of rotatable bonds is 7. The molecule has 0 fully saturated rings. The summed E-state index contributed by atoms with van der Waals surface area (Å²) in [5, 5.41) is 7.23. The van der Waals surface area contributed by atoms with Gasteiger partial charge in [-0.05, 0) is 40.5 Å². The van der Waals surface area contributed by atoms with E-state index in [2.05, 4.69) is 30.9 Å². The van der Waals surface area contributed by atoms with Crippen molar-refractivity contribution in [2.45, 2.75) is 6.92 Å². The normalized spacial score (nSPS) is 10.3. The molecule has 0 atom stereocenters. The molecule has 0 aromatic heterocycles. The Morgan fingerprint density at radius 1 is 1.36 bits per heavy atom. The fourth-order valence-corrected chi connectivity index (χ4v) is 1.99. The van der Waals surface area contributed by atoms with Gasteiger partial charge >= 0.3 is 5.97 Å². The summed E-state index contributed by atoms with van der Waals surface area (Å²) in [6, 6.07) is 3.41. The molecule has 0 aliphatic carbocycles. The second-order valence-corrected chi connectivity index (χ2v) is 4.75. The van der Waals surface area contributed by atoms with Gasteiger partial charge in [0.1, 0.15) is 0 Å². The van der Waals surface area contributed by atoms with Crippen molar-refractivity contribution >= 4 is 34.1 Å². The van der Waals surface area contributed by atoms with Crippen molar-refractivity contribution in [3.8, 4) is 11.5 Å². The molecule has 1 rings (SSSR count). The molecule has 0 heterocycles. The average Bonchev–Trinajstić information content (AvgIpc) is 2.46. The standard InChI is InChI=1S/C13H17BrN4O4/c1-3-21-10-5-8(6-17-18-13(15)16)4-9(14)12(10)22-7-11(19)20-2/h4-6H,3,7H2,1-2H3,(H4,15,16,18). The van der Waals surface area contributed by atoms with Crippen LogP contribution in [0.15, 0.2) is 26.8 Å². The zero-order valence-electron chi connectivity index (χ0n) is 12.2. The summed E-state index contributed by atoms with van der Waals surface area (Å²) in [4.78, 5) is 11.2. The number of halogens is 1. The lowest BCUT2D eigenvalue weighted by Gasteiger charge is -2.13. The molecule has 0 saturated carbocycles. The highest BCUT2D eigenvalue weighted by molar-refractivity contribution is 9.10. The van der Waals surface area contributed by atoms with Crippen molar-refractivity contribution < 1.29 is 19.0 Å². The van der Waals surface area contributed by atoms with Gasteiger partial charge in [-0.25, -0.2) is 4.79 Å². The summed E-state index contributed by atoms with van der Waals surface area (Å²) >= 11 is 3.36. The van der Waals surface area contributed by atoms with Crippen molar-refractivity contribution in [2.75, 3.05) is 20.3 Å². The van der Waals surface area contributed by atoms with Gasteiger partial charge in [0.05, 0.1) is 24.4 Å². The largest absolute Gasteiger partial charge is 0.490 e. The van der Waals surface area contributed by atoms with Gasteiger partial charge in [-0.2, -0.15) is 5.10 Å². The van der Waals surface area contributed by atoms with Gasteiger partial charge in [-0.1, -0.05) is 0 Å². The molecule has 1 aromatic rings. The van der Waals surface area contributed by atoms with E-state index in [1.165, 1.54) is 13.3 Å². The van der Waals surface area contributed by atoms with Gasteiger partial charge in [-0.3, -0.25) is 0 Å². The van der Waals surface area contributed by atoms with Gasteiger partial charge in [0.15, 0.2) is 18.1 Å². The van der Waals surface area contributed by atoms with E-state index in [0.717, 1.165) is 0 Å². The van der Waals surface area contributed by atoms with Crippen LogP contribution in [0, 0.1) is 0 Å². The van der Waals surface area contributed by atoms with Gasteiger partial charge in [0.25, 0.3) is 0 Å². The van der Waals surface area contributed by atoms with Crippen LogP contribution in [0.2, 0.25) is 0 Å². The lowest BCUT2D eigenvalue weighted by molar-refractivity contribution is -0.142. The summed E-state index contributed by atoms with van der Waals surface area (Å²) in [6.45, 7) is 2.03. The zero-order chi connectivity index (χ0) is 16.5. The van der Waals surface area contributed by atoms with E-state index in [9.17, 15) is 4.79 Å². The molecule has 0 spiro atoms. The third-order valence-corrected chi connectivity index (χ3v) is 2.86. The zero-order valence-corrected chi connectivity index (χ0v) is 13.8. The van der Waals surface area contributed by atoms with E-state index in [0.29, 0.717) is 28.1 Å². The van der Waals surface area contributed by atoms with Gasteiger partial charge < -0.3 is 25.7 Å². The number of methoxy groups -OCH3 is 1. The molecule has 0 aliphatic rings. The van der Waals surface area contributed by atoms with Crippen LogP contribution in [0.4, 0.5) is 0 Å². The first kappa shape index (κ1) is 17.8. The van der Waals surface area contributed by atoms with Gasteiger partial charge in [0, 0.05) is 0 Å². The van der Waals surface area contributed by atoms with E-state index in [1.54, 1.807) is 12.1 Å². The molecule has 0 radical (unpaired) electrons. The molecule has 0 unspecified atom stereocenters. The topological polar surface area (TPSA) is 122 Å². The Balaban J connectivity index is 3.04. The van der Waals surface area contributed by atoms with E-state index in [4.69, 9.17) is 20.9 Å². The smallest absolute Gasteiger partial charge is 0.343 e. The maximum absolute atomic E-state index is 11.2. The van der Waals surface area contributed by atoms with Crippen LogP contribution in [-0.2, 0) is 9.53 Å². The van der Waals surface area contributed by atoms with E-state index in [1.807, 2.05) is 6.92 Å². The lowest BCUT2D eigenvalue weighted by atomic mass is 10.2. The molecule has 4 N–H and O–H groups in total. The predicted octanol–water partition coefficient (Wildman–Crippen LogP) is 1.01. The Morgan fingerprint density at radius 3 is 2.68 bits per heavy atom. The summed E-state index contributed by atoms with van der Waals surface area (Å²) < 4.78 is 16.0. The highest BCUT2D eigenvalue weighted by Crippen LogP contribution is 2.36. The Bertz CT molecular complexity index is 586. The molecule has 120 valence electrons. The Labute approximate surface area is 136 Å². The molecule has 8 nitrogen and oxygen atoms in total. The first-order valence-corrected chi connectivity index (χ1v) is 7.05. The second kappa shape index (κ2) is 8.88. The number of nitrogens with zero attached hydrogens (tertiary/aromatic N) is 2. The van der Waals surface area contributed by atoms with Crippen LogP contribution in [0.5, 0.6) is 11.5 Å². The number of carbonyl (C=O) groups is 1. The number of hydrogen-bond acceptors (Lipinski definition) is 6. The van der Waals surface area contributed by atoms with E-state index < -0.39 is 5.97 Å². The number of ether oxygens (including phenoxy) is 3. The van der Waals surface area contributed by atoms with Crippen molar-refractivity contribution in [3.63, 3.8) is 0 Å². The third-order valence-electron chi connectivity index (χ3n) is 2.27. The quantitative estimate of drug-likeness (QED) is 0.318. The maximum Gasteiger partial charge on any atom is 0.343 e. The summed E-state index contributed by atoms with van der Waals surface area (Å²) in [7, 11) is 1.29. The second-order valence-electron chi connectivity index (χ2n) is 3.90. The lowest BCUT2D eigenvalue weighted by Crippen LogP contribution is -2.21. The number of hydrogen-bond donors (Lipinski definition) is 2. The first-order chi connectivity index (χ1) is 10.5. The fourth-order valence-electron chi connectivity index (χ4n) is 1.42. The van der Waals surface area contributed by atoms with Crippen LogP contribution >= 0.6 is 15.9 Å². The fraction of sp³-hybridized carbons (Fsp3) is 0.308. The molecule has 0 amide bonds. The third kappa shape index (κ3) is 5.60. The molecular weight excluding hydrogens is 356 g/mol. The molecular formula is C13H17BrN4O4. The van der Waals surface area contributed by atoms with Gasteiger partial charge in [-0.15, -0.1) is 5.10 Å². The minimum Gasteiger partial charge on any atom is -0.490 e. The Morgan fingerprint density at radius 2 is 2.09 bits per heavy atom. The molecule has 0 bridgehead atoms. The molecule has 1 aromatic carbocycles.